The normalized spacial score (nSPS) is 11.1. The van der Waals surface area contributed by atoms with Gasteiger partial charge in [0.1, 0.15) is 17.3 Å². The number of nitrogens with one attached hydrogen (secondary N) is 1. The van der Waals surface area contributed by atoms with E-state index in [2.05, 4.69) is 4.72 Å². The van der Waals surface area contributed by atoms with Crippen molar-refractivity contribution in [2.24, 2.45) is 0 Å². The van der Waals surface area contributed by atoms with Crippen LogP contribution in [0.5, 0.6) is 5.75 Å². The lowest BCUT2D eigenvalue weighted by Crippen LogP contribution is -2.19. The standard InChI is InChI=1S/C16H16ClNO5S/c1-18-24(20,21)15-9-12(5-8-14(15)17)16(19)23-10-11-3-6-13(22-2)7-4-11/h3-9,18H,10H2,1-2H3. The van der Waals surface area contributed by atoms with Gasteiger partial charge in [-0.3, -0.25) is 0 Å². The van der Waals surface area contributed by atoms with Gasteiger partial charge in [0, 0.05) is 0 Å². The van der Waals surface area contributed by atoms with Crippen molar-refractivity contribution in [2.75, 3.05) is 14.2 Å². The summed E-state index contributed by atoms with van der Waals surface area (Å²) in [5.41, 5.74) is 0.878. The molecule has 0 aliphatic rings. The topological polar surface area (TPSA) is 81.7 Å². The molecule has 0 unspecified atom stereocenters. The van der Waals surface area contributed by atoms with Crippen LogP contribution in [0.2, 0.25) is 5.02 Å². The Hall–Kier alpha value is -2.09. The largest absolute Gasteiger partial charge is 0.497 e. The summed E-state index contributed by atoms with van der Waals surface area (Å²) in [6.45, 7) is 0.0551. The van der Waals surface area contributed by atoms with Crippen molar-refractivity contribution >= 4 is 27.6 Å². The quantitative estimate of drug-likeness (QED) is 0.791. The van der Waals surface area contributed by atoms with Gasteiger partial charge < -0.3 is 9.47 Å². The Kier molecular flexibility index (Phi) is 5.82. The Balaban J connectivity index is 2.13. The van der Waals surface area contributed by atoms with E-state index < -0.39 is 16.0 Å². The lowest BCUT2D eigenvalue weighted by Gasteiger charge is -2.09. The first kappa shape index (κ1) is 18.3. The van der Waals surface area contributed by atoms with Crippen LogP contribution in [0.1, 0.15) is 15.9 Å². The Morgan fingerprint density at radius 1 is 1.17 bits per heavy atom. The zero-order valence-electron chi connectivity index (χ0n) is 13.1. The second-order valence-electron chi connectivity index (χ2n) is 4.78. The minimum absolute atomic E-state index is 0.0241. The third-order valence-electron chi connectivity index (χ3n) is 3.25. The molecule has 2 aromatic carbocycles. The van der Waals surface area contributed by atoms with Gasteiger partial charge in [-0.05, 0) is 42.9 Å². The number of esters is 1. The summed E-state index contributed by atoms with van der Waals surface area (Å²) >= 11 is 5.88. The maximum Gasteiger partial charge on any atom is 0.338 e. The fourth-order valence-corrected chi connectivity index (χ4v) is 3.15. The fourth-order valence-electron chi connectivity index (χ4n) is 1.90. The lowest BCUT2D eigenvalue weighted by atomic mass is 10.2. The van der Waals surface area contributed by atoms with Crippen molar-refractivity contribution in [2.45, 2.75) is 11.5 Å². The molecule has 0 radical (unpaired) electrons. The molecule has 0 aliphatic heterocycles. The summed E-state index contributed by atoms with van der Waals surface area (Å²) in [5.74, 6) is 0.0553. The zero-order chi connectivity index (χ0) is 17.7. The van der Waals surface area contributed by atoms with Crippen LogP contribution < -0.4 is 9.46 Å². The van der Waals surface area contributed by atoms with Crippen LogP contribution in [-0.4, -0.2) is 28.5 Å². The summed E-state index contributed by atoms with van der Waals surface area (Å²) in [6.07, 6.45) is 0. The SMILES string of the molecule is CNS(=O)(=O)c1cc(C(=O)OCc2ccc(OC)cc2)ccc1Cl. The van der Waals surface area contributed by atoms with E-state index in [4.69, 9.17) is 21.1 Å². The number of methoxy groups -OCH3 is 1. The molecule has 2 rings (SSSR count). The van der Waals surface area contributed by atoms with E-state index in [9.17, 15) is 13.2 Å². The molecule has 0 saturated carbocycles. The smallest absolute Gasteiger partial charge is 0.338 e. The summed E-state index contributed by atoms with van der Waals surface area (Å²) < 4.78 is 36.1. The average molecular weight is 370 g/mol. The molecule has 24 heavy (non-hydrogen) atoms. The summed E-state index contributed by atoms with van der Waals surface area (Å²) in [5, 5.41) is 0.0241. The van der Waals surface area contributed by atoms with Crippen molar-refractivity contribution in [1.29, 1.82) is 0 Å². The maximum atomic E-state index is 12.1. The molecule has 128 valence electrons. The number of carbonyl (C=O) groups is 1. The average Bonchev–Trinajstić information content (AvgIpc) is 2.60. The molecule has 2 aromatic rings. The number of benzene rings is 2. The van der Waals surface area contributed by atoms with Crippen LogP contribution in [0.25, 0.3) is 0 Å². The molecular weight excluding hydrogens is 354 g/mol. The summed E-state index contributed by atoms with van der Waals surface area (Å²) in [6, 6.07) is 11.0. The van der Waals surface area contributed by atoms with Crippen molar-refractivity contribution in [3.05, 3.63) is 58.6 Å². The molecule has 0 heterocycles. The first-order chi connectivity index (χ1) is 11.4. The number of hydrogen-bond acceptors (Lipinski definition) is 5. The van der Waals surface area contributed by atoms with Crippen LogP contribution >= 0.6 is 11.6 Å². The first-order valence-electron chi connectivity index (χ1n) is 6.90. The van der Waals surface area contributed by atoms with Gasteiger partial charge >= 0.3 is 5.97 Å². The third kappa shape index (κ3) is 4.25. The number of ether oxygens (including phenoxy) is 2. The highest BCUT2D eigenvalue weighted by atomic mass is 35.5. The zero-order valence-corrected chi connectivity index (χ0v) is 14.6. The minimum Gasteiger partial charge on any atom is -0.497 e. The molecule has 0 bridgehead atoms. The lowest BCUT2D eigenvalue weighted by molar-refractivity contribution is 0.0472. The molecule has 0 saturated heterocycles. The number of rotatable bonds is 6. The monoisotopic (exact) mass is 369 g/mol. The summed E-state index contributed by atoms with van der Waals surface area (Å²) in [4.78, 5) is 11.9. The van der Waals surface area contributed by atoms with Gasteiger partial charge in [-0.2, -0.15) is 0 Å². The second-order valence-corrected chi connectivity index (χ2v) is 7.04. The van der Waals surface area contributed by atoms with Gasteiger partial charge in [0.05, 0.1) is 17.7 Å². The maximum absolute atomic E-state index is 12.1. The van der Waals surface area contributed by atoms with E-state index in [0.717, 1.165) is 5.56 Å². The number of sulfonamides is 1. The Morgan fingerprint density at radius 2 is 1.83 bits per heavy atom. The van der Waals surface area contributed by atoms with Crippen LogP contribution in [0.3, 0.4) is 0 Å². The second kappa shape index (κ2) is 7.65. The van der Waals surface area contributed by atoms with Crippen molar-refractivity contribution in [3.8, 4) is 5.75 Å². The van der Waals surface area contributed by atoms with E-state index in [1.807, 2.05) is 0 Å². The van der Waals surface area contributed by atoms with Gasteiger partial charge in [0.15, 0.2) is 0 Å². The van der Waals surface area contributed by atoms with Crippen molar-refractivity contribution < 1.29 is 22.7 Å². The minimum atomic E-state index is -3.76. The van der Waals surface area contributed by atoms with Gasteiger partial charge in [0.25, 0.3) is 0 Å². The van der Waals surface area contributed by atoms with Gasteiger partial charge in [-0.1, -0.05) is 23.7 Å². The van der Waals surface area contributed by atoms with Crippen LogP contribution in [-0.2, 0) is 21.4 Å². The molecular formula is C16H16ClNO5S. The molecule has 1 N–H and O–H groups in total. The van der Waals surface area contributed by atoms with E-state index in [0.29, 0.717) is 5.75 Å². The van der Waals surface area contributed by atoms with E-state index in [-0.39, 0.29) is 22.1 Å². The highest BCUT2D eigenvalue weighted by Gasteiger charge is 2.19. The van der Waals surface area contributed by atoms with E-state index in [1.54, 1.807) is 31.4 Å². The van der Waals surface area contributed by atoms with Gasteiger partial charge in [0.2, 0.25) is 10.0 Å². The Morgan fingerprint density at radius 3 is 2.42 bits per heavy atom. The number of halogens is 1. The molecule has 0 atom stereocenters. The molecule has 0 aliphatic carbocycles. The fraction of sp³-hybridized carbons (Fsp3) is 0.188. The predicted octanol–water partition coefficient (Wildman–Crippen LogP) is 2.61. The Bertz CT molecular complexity index is 834. The Labute approximate surface area is 145 Å². The molecule has 8 heteroatoms. The third-order valence-corrected chi connectivity index (χ3v) is 5.15. The first-order valence-corrected chi connectivity index (χ1v) is 8.76. The van der Waals surface area contributed by atoms with Crippen LogP contribution in [0.4, 0.5) is 0 Å². The van der Waals surface area contributed by atoms with Crippen LogP contribution in [0.15, 0.2) is 47.4 Å². The van der Waals surface area contributed by atoms with Gasteiger partial charge in [-0.25, -0.2) is 17.9 Å². The number of hydrogen-bond donors (Lipinski definition) is 1. The summed E-state index contributed by atoms with van der Waals surface area (Å²) in [7, 11) is -0.937. The predicted molar refractivity (Wildman–Crippen MR) is 89.8 cm³/mol. The van der Waals surface area contributed by atoms with Crippen LogP contribution in [0, 0.1) is 0 Å². The highest BCUT2D eigenvalue weighted by molar-refractivity contribution is 7.89. The molecule has 0 amide bonds. The van der Waals surface area contributed by atoms with Crippen molar-refractivity contribution in [1.82, 2.24) is 4.72 Å². The van der Waals surface area contributed by atoms with Gasteiger partial charge in [-0.15, -0.1) is 0 Å². The molecule has 0 spiro atoms. The van der Waals surface area contributed by atoms with E-state index in [1.165, 1.54) is 25.2 Å². The molecule has 0 aromatic heterocycles. The van der Waals surface area contributed by atoms with E-state index >= 15 is 0 Å². The van der Waals surface area contributed by atoms with Crippen molar-refractivity contribution in [3.63, 3.8) is 0 Å². The number of carbonyl (C=O) groups excluding carboxylic acids is 1. The highest BCUT2D eigenvalue weighted by Crippen LogP contribution is 2.23. The molecule has 6 nitrogen and oxygen atoms in total. The molecule has 0 fully saturated rings.